The van der Waals surface area contributed by atoms with Crippen LogP contribution in [-0.2, 0) is 14.3 Å². The quantitative estimate of drug-likeness (QED) is 0.106. The van der Waals surface area contributed by atoms with E-state index in [4.69, 9.17) is 9.47 Å². The van der Waals surface area contributed by atoms with Crippen molar-refractivity contribution in [3.63, 3.8) is 0 Å². The number of carbonyl (C=O) groups is 3. The van der Waals surface area contributed by atoms with Crippen LogP contribution >= 0.6 is 0 Å². The third-order valence-corrected chi connectivity index (χ3v) is 15.8. The number of ether oxygens (including phenoxy) is 2. The number of carbonyl (C=O) groups excluding carboxylic acids is 3. The normalized spacial score (nSPS) is 24.6. The van der Waals surface area contributed by atoms with Crippen molar-refractivity contribution in [3.05, 3.63) is 226 Å². The van der Waals surface area contributed by atoms with Crippen molar-refractivity contribution >= 4 is 28.5 Å². The van der Waals surface area contributed by atoms with Gasteiger partial charge in [0.25, 0.3) is 0 Å². The monoisotopic (exact) mass is 959 g/mol. The summed E-state index contributed by atoms with van der Waals surface area (Å²) in [6.07, 6.45) is 23.1. The lowest BCUT2D eigenvalue weighted by atomic mass is 9.51. The predicted octanol–water partition coefficient (Wildman–Crippen LogP) is 10.4. The first kappa shape index (κ1) is 48.9. The minimum absolute atomic E-state index is 0.00863. The Bertz CT molecular complexity index is 2730. The summed E-state index contributed by atoms with van der Waals surface area (Å²) >= 11 is 0. The van der Waals surface area contributed by atoms with E-state index in [0.717, 1.165) is 70.7 Å². The second-order valence-electron chi connectivity index (χ2n) is 20.1. The zero-order valence-electron chi connectivity index (χ0n) is 41.7. The first-order valence-corrected chi connectivity index (χ1v) is 25.8. The maximum atomic E-state index is 18.1. The van der Waals surface area contributed by atoms with Crippen molar-refractivity contribution in [1.82, 2.24) is 20.4 Å². The van der Waals surface area contributed by atoms with Crippen LogP contribution in [0.15, 0.2) is 193 Å². The molecule has 4 unspecified atom stereocenters. The lowest BCUT2D eigenvalue weighted by Gasteiger charge is -2.51. The molecule has 4 atom stereocenters. The molecule has 4 aromatic rings. The lowest BCUT2D eigenvalue weighted by molar-refractivity contribution is -0.138. The van der Waals surface area contributed by atoms with Crippen LogP contribution < -0.4 is 10.6 Å². The van der Waals surface area contributed by atoms with E-state index >= 15 is 14.4 Å². The first-order chi connectivity index (χ1) is 35.3. The second-order valence-corrected chi connectivity index (χ2v) is 20.1. The molecular formula is C63H66N4O5. The van der Waals surface area contributed by atoms with E-state index < -0.39 is 22.7 Å². The van der Waals surface area contributed by atoms with Crippen LogP contribution in [0.4, 0.5) is 0 Å². The fourth-order valence-corrected chi connectivity index (χ4v) is 11.9. The topological polar surface area (TPSA) is 100 Å². The summed E-state index contributed by atoms with van der Waals surface area (Å²) in [7, 11) is 0. The summed E-state index contributed by atoms with van der Waals surface area (Å²) in [6.45, 7) is 10.7. The molecule has 2 aliphatic carbocycles. The molecule has 2 fully saturated rings. The van der Waals surface area contributed by atoms with Gasteiger partial charge in [-0.2, -0.15) is 0 Å². The van der Waals surface area contributed by atoms with Crippen LogP contribution in [0.2, 0.25) is 0 Å². The van der Waals surface area contributed by atoms with Gasteiger partial charge < -0.3 is 20.1 Å². The summed E-state index contributed by atoms with van der Waals surface area (Å²) in [6, 6.07) is 35.5. The van der Waals surface area contributed by atoms with Crippen molar-refractivity contribution in [2.45, 2.75) is 39.5 Å². The molecule has 4 aromatic carbocycles. The SMILES string of the molecule is Cc1ccccc1C1=CC(C2=CNC=CC2)C(CCN2CCOCC2)(C(=O)C2(CCN3CCOCC3)C=C(C(=O)c3ccccc3)C(c3ccccc3C)=CC2C2=CNC=CC2)C=C1C(=O)c1ccccc1. The Morgan fingerprint density at radius 2 is 0.931 bits per heavy atom. The van der Waals surface area contributed by atoms with E-state index in [1.54, 1.807) is 0 Å². The minimum atomic E-state index is -1.30. The van der Waals surface area contributed by atoms with Gasteiger partial charge in [-0.05, 0) is 110 Å². The number of morpholine rings is 2. The maximum Gasteiger partial charge on any atom is 0.193 e. The van der Waals surface area contributed by atoms with E-state index in [0.29, 0.717) is 87.5 Å². The second kappa shape index (κ2) is 21.9. The summed E-state index contributed by atoms with van der Waals surface area (Å²) in [5, 5.41) is 6.84. The molecule has 0 aromatic heterocycles. The van der Waals surface area contributed by atoms with Crippen molar-refractivity contribution in [2.24, 2.45) is 22.7 Å². The van der Waals surface area contributed by atoms with Gasteiger partial charge in [-0.25, -0.2) is 0 Å². The van der Waals surface area contributed by atoms with Gasteiger partial charge in [-0.15, -0.1) is 0 Å². The highest BCUT2D eigenvalue weighted by Crippen LogP contribution is 2.58. The van der Waals surface area contributed by atoms with Crippen LogP contribution in [0.5, 0.6) is 0 Å². The van der Waals surface area contributed by atoms with Crippen LogP contribution in [0.3, 0.4) is 0 Å². The molecule has 368 valence electrons. The summed E-state index contributed by atoms with van der Waals surface area (Å²) in [5.74, 6) is -1.21. The van der Waals surface area contributed by atoms with Gasteiger partial charge in [0.1, 0.15) is 0 Å². The molecule has 0 bridgehead atoms. The standard InChI is InChI=1S/C63H66N4O5/c1-45-15-9-11-23-51(45)53-39-57(49-21-13-27-64-43-49)62(25-29-66-31-35-71-36-32-66,41-55(53)59(68)47-17-5-3-6-18-47)61(70)63(26-30-67-33-37-72-38-34-67)42-56(60(69)48-19-7-4-8-20-48)54(52-24-12-10-16-46(52)2)40-58(63)50-22-14-28-65-44-50/h3-20,23-24,27-28,39-44,57-58,64-65H,21-22,25-26,29-38H2,1-2H3. The number of hydrogen-bond donors (Lipinski definition) is 2. The van der Waals surface area contributed by atoms with Crippen molar-refractivity contribution < 1.29 is 23.9 Å². The van der Waals surface area contributed by atoms with E-state index in [1.807, 2.05) is 97.3 Å². The fraction of sp³-hybridized carbons (Fsp3) is 0.317. The Labute approximate surface area is 425 Å². The number of hydrogen-bond acceptors (Lipinski definition) is 9. The number of nitrogens with one attached hydrogen (secondary N) is 2. The van der Waals surface area contributed by atoms with Gasteiger partial charge in [0, 0.05) is 72.7 Å². The summed E-state index contributed by atoms with van der Waals surface area (Å²) in [5.41, 5.74) is 7.29. The molecule has 4 heterocycles. The van der Waals surface area contributed by atoms with Crippen molar-refractivity contribution in [2.75, 3.05) is 65.7 Å². The van der Waals surface area contributed by atoms with E-state index in [-0.39, 0.29) is 17.3 Å². The number of rotatable bonds is 16. The largest absolute Gasteiger partial charge is 0.379 e. The van der Waals surface area contributed by atoms with Gasteiger partial charge in [0.2, 0.25) is 0 Å². The Hall–Kier alpha value is -6.75. The highest BCUT2D eigenvalue weighted by atomic mass is 16.5. The number of dihydropyridines is 2. The lowest BCUT2D eigenvalue weighted by Crippen LogP contribution is -2.54. The maximum absolute atomic E-state index is 18.1. The molecule has 9 heteroatoms. The van der Waals surface area contributed by atoms with Crippen molar-refractivity contribution in [1.29, 1.82) is 0 Å². The van der Waals surface area contributed by atoms with Crippen LogP contribution in [-0.4, -0.2) is 92.8 Å². The number of nitrogens with zero attached hydrogens (tertiary/aromatic N) is 2. The Balaban J connectivity index is 1.28. The van der Waals surface area contributed by atoms with Gasteiger partial charge in [-0.3, -0.25) is 24.2 Å². The highest BCUT2D eigenvalue weighted by molar-refractivity contribution is 6.22. The summed E-state index contributed by atoms with van der Waals surface area (Å²) < 4.78 is 11.8. The number of allylic oxidation sites excluding steroid dienone is 12. The molecule has 2 N–H and O–H groups in total. The van der Waals surface area contributed by atoms with Gasteiger partial charge >= 0.3 is 0 Å². The highest BCUT2D eigenvalue weighted by Gasteiger charge is 2.58. The zero-order chi connectivity index (χ0) is 49.5. The van der Waals surface area contributed by atoms with E-state index in [1.165, 1.54) is 0 Å². The fourth-order valence-electron chi connectivity index (χ4n) is 11.9. The molecule has 10 rings (SSSR count). The molecule has 72 heavy (non-hydrogen) atoms. The molecule has 0 amide bonds. The molecule has 9 nitrogen and oxygen atoms in total. The average molecular weight is 959 g/mol. The number of ketones is 3. The third-order valence-electron chi connectivity index (χ3n) is 15.8. The first-order valence-electron chi connectivity index (χ1n) is 25.8. The van der Waals surface area contributed by atoms with E-state index in [9.17, 15) is 0 Å². The molecule has 2 saturated heterocycles. The minimum Gasteiger partial charge on any atom is -0.379 e. The van der Waals surface area contributed by atoms with Gasteiger partial charge in [-0.1, -0.05) is 146 Å². The number of benzene rings is 4. The van der Waals surface area contributed by atoms with Gasteiger partial charge in [0.05, 0.1) is 37.3 Å². The molecule has 0 radical (unpaired) electrons. The molecular weight excluding hydrogens is 893 g/mol. The predicted molar refractivity (Wildman–Crippen MR) is 287 cm³/mol. The van der Waals surface area contributed by atoms with Crippen LogP contribution in [0.25, 0.3) is 11.1 Å². The Kier molecular flexibility index (Phi) is 14.9. The van der Waals surface area contributed by atoms with Crippen LogP contribution in [0, 0.1) is 36.5 Å². The summed E-state index contributed by atoms with van der Waals surface area (Å²) in [4.78, 5) is 54.2. The van der Waals surface area contributed by atoms with Gasteiger partial charge in [0.15, 0.2) is 17.3 Å². The number of Topliss-reactive ketones (excluding diaryl/α,β-unsaturated/α-hetero) is 3. The average Bonchev–Trinajstić information content (AvgIpc) is 3.45. The smallest absolute Gasteiger partial charge is 0.193 e. The number of aryl methyl sites for hydroxylation is 2. The molecule has 0 saturated carbocycles. The Morgan fingerprint density at radius 1 is 0.542 bits per heavy atom. The Morgan fingerprint density at radius 3 is 1.31 bits per heavy atom. The van der Waals surface area contributed by atoms with Crippen molar-refractivity contribution in [3.8, 4) is 0 Å². The molecule has 4 aliphatic heterocycles. The van der Waals surface area contributed by atoms with E-state index in [2.05, 4.69) is 107 Å². The third kappa shape index (κ3) is 9.91. The molecule has 0 spiro atoms. The molecule has 6 aliphatic rings. The van der Waals surface area contributed by atoms with Crippen LogP contribution in [0.1, 0.15) is 68.7 Å². The zero-order valence-corrected chi connectivity index (χ0v) is 41.7.